The van der Waals surface area contributed by atoms with Gasteiger partial charge in [0.05, 0.1) is 0 Å². The molecule has 1 nitrogen and oxygen atoms in total. The zero-order chi connectivity index (χ0) is 10.1. The number of hydrogen-bond acceptors (Lipinski definition) is 1. The number of hydrogen-bond donors (Lipinski definition) is 0. The Morgan fingerprint density at radius 2 is 2.07 bits per heavy atom. The van der Waals surface area contributed by atoms with E-state index in [2.05, 4.69) is 0 Å². The Morgan fingerprint density at radius 3 is 2.71 bits per heavy atom. The first-order valence-corrected chi connectivity index (χ1v) is 6.67. The number of fused-ring (bicyclic) bond motifs is 1. The van der Waals surface area contributed by atoms with E-state index in [-0.39, 0.29) is 0 Å². The Bertz CT molecular complexity index is 455. The van der Waals surface area contributed by atoms with Crippen LogP contribution in [0.4, 0.5) is 8.78 Å². The number of benzene rings is 1. The molecule has 0 aliphatic carbocycles. The number of nitrogens with zero attached hydrogens (tertiary/aromatic N) is 1. The number of alkyl halides is 2. The van der Waals surface area contributed by atoms with Gasteiger partial charge in [-0.3, -0.25) is 0 Å². The van der Waals surface area contributed by atoms with Crippen molar-refractivity contribution in [2.75, 3.05) is 0 Å². The summed E-state index contributed by atoms with van der Waals surface area (Å²) in [4.78, 5) is 0. The van der Waals surface area contributed by atoms with Crippen molar-refractivity contribution in [3.8, 4) is 0 Å². The van der Waals surface area contributed by atoms with E-state index in [0.29, 0.717) is 0 Å². The third kappa shape index (κ3) is 1.80. The maximum atomic E-state index is 12.3. The molecule has 14 heavy (non-hydrogen) atoms. The fourth-order valence-electron chi connectivity index (χ4n) is 1.26. The molecule has 0 atom stereocenters. The van der Waals surface area contributed by atoms with Gasteiger partial charge in [0.25, 0.3) is 0 Å². The summed E-state index contributed by atoms with van der Waals surface area (Å²) in [5.41, 5.74) is 1.04. The molecule has 0 aliphatic heterocycles. The van der Waals surface area contributed by atoms with Gasteiger partial charge in [0, 0.05) is 0 Å². The summed E-state index contributed by atoms with van der Waals surface area (Å²) in [6.45, 7) is 0. The Hall–Kier alpha value is -0.511. The van der Waals surface area contributed by atoms with Crippen LogP contribution in [0.15, 0.2) is 24.3 Å². The number of thiazole rings is 1. The second-order valence-electron chi connectivity index (χ2n) is 2.77. The van der Waals surface area contributed by atoms with Crippen LogP contribution in [0, 0.1) is 0 Å². The van der Waals surface area contributed by atoms with Crippen molar-refractivity contribution in [2.24, 2.45) is 7.05 Å². The molecule has 0 bridgehead atoms. The van der Waals surface area contributed by atoms with Crippen molar-refractivity contribution >= 4 is 40.4 Å². The van der Waals surface area contributed by atoms with E-state index in [4.69, 9.17) is 0 Å². The number of aromatic nitrogens is 1. The molecule has 1 heterocycles. The molecular formula is C9H8F2NSSe+. The van der Waals surface area contributed by atoms with Crippen LogP contribution >= 0.6 is 11.3 Å². The second kappa shape index (κ2) is 3.93. The first-order valence-electron chi connectivity index (χ1n) is 4.01. The molecule has 74 valence electrons. The number of para-hydroxylation sites is 1. The van der Waals surface area contributed by atoms with Gasteiger partial charge in [-0.15, -0.1) is 0 Å². The molecule has 0 spiro atoms. The van der Waals surface area contributed by atoms with Gasteiger partial charge < -0.3 is 0 Å². The van der Waals surface area contributed by atoms with Crippen molar-refractivity contribution in [2.45, 2.75) is 5.32 Å². The zero-order valence-electron chi connectivity index (χ0n) is 7.41. The van der Waals surface area contributed by atoms with E-state index in [1.165, 1.54) is 11.3 Å². The van der Waals surface area contributed by atoms with Gasteiger partial charge in [-0.05, 0) is 0 Å². The van der Waals surface area contributed by atoms with Crippen LogP contribution in [0.3, 0.4) is 0 Å². The van der Waals surface area contributed by atoms with Crippen molar-refractivity contribution < 1.29 is 13.3 Å². The summed E-state index contributed by atoms with van der Waals surface area (Å²) in [7, 11) is 1.85. The van der Waals surface area contributed by atoms with E-state index < -0.39 is 20.3 Å². The van der Waals surface area contributed by atoms with Gasteiger partial charge in [0.1, 0.15) is 0 Å². The molecule has 0 saturated heterocycles. The van der Waals surface area contributed by atoms with Crippen molar-refractivity contribution in [1.29, 1.82) is 0 Å². The molecule has 5 heteroatoms. The normalized spacial score (nSPS) is 11.4. The Labute approximate surface area is 90.5 Å². The number of rotatable bonds is 2. The molecule has 2 aromatic rings. The second-order valence-corrected chi connectivity index (χ2v) is 6.44. The average Bonchev–Trinajstić information content (AvgIpc) is 2.44. The maximum absolute atomic E-state index is 12.3. The van der Waals surface area contributed by atoms with Crippen molar-refractivity contribution in [3.05, 3.63) is 24.3 Å². The van der Waals surface area contributed by atoms with Crippen molar-refractivity contribution in [3.63, 3.8) is 0 Å². The minimum absolute atomic E-state index is 0.724. The average molecular weight is 279 g/mol. The predicted octanol–water partition coefficient (Wildman–Crippen LogP) is 1.28. The van der Waals surface area contributed by atoms with Gasteiger partial charge in [0.2, 0.25) is 0 Å². The molecule has 0 saturated carbocycles. The van der Waals surface area contributed by atoms with Crippen LogP contribution < -0.4 is 8.47 Å². The topological polar surface area (TPSA) is 3.88 Å². The zero-order valence-corrected chi connectivity index (χ0v) is 9.94. The van der Waals surface area contributed by atoms with E-state index in [1.807, 2.05) is 35.9 Å². The molecule has 0 fully saturated rings. The quantitative estimate of drug-likeness (QED) is 0.576. The molecular weight excluding hydrogens is 271 g/mol. The third-order valence-corrected chi connectivity index (χ3v) is 5.30. The standard InChI is InChI=1S/C9H8F2NSSe/c1-12-6-4-2-3-5-7(6)13-9(12)14-8(10)11/h2-5,8H,1H3/q+1. The summed E-state index contributed by atoms with van der Waals surface area (Å²) in [5.74, 6) is 0. The molecule has 2 rings (SSSR count). The molecule has 0 aliphatic rings. The van der Waals surface area contributed by atoms with Gasteiger partial charge in [-0.2, -0.15) is 0 Å². The Kier molecular flexibility index (Phi) is 2.81. The summed E-state index contributed by atoms with van der Waals surface area (Å²) in [5, 5.41) is -2.21. The van der Waals surface area contributed by atoms with Crippen LogP contribution in [0.25, 0.3) is 10.2 Å². The van der Waals surface area contributed by atoms with Crippen LogP contribution in [-0.4, -0.2) is 20.3 Å². The van der Waals surface area contributed by atoms with Crippen LogP contribution in [-0.2, 0) is 7.05 Å². The summed E-state index contributed by atoms with van der Waals surface area (Å²) < 4.78 is 28.2. The van der Waals surface area contributed by atoms with Gasteiger partial charge in [-0.25, -0.2) is 0 Å². The van der Waals surface area contributed by atoms with Crippen LogP contribution in [0.5, 0.6) is 0 Å². The molecule has 0 unspecified atom stereocenters. The minimum atomic E-state index is -2.21. The fourth-order valence-corrected chi connectivity index (χ4v) is 4.29. The first-order chi connectivity index (χ1) is 6.68. The SMILES string of the molecule is C[n+]1c([Se]C(F)F)sc2ccccc21. The van der Waals surface area contributed by atoms with E-state index in [0.717, 1.165) is 14.1 Å². The Balaban J connectivity index is 2.51. The van der Waals surface area contributed by atoms with Gasteiger partial charge in [-0.1, -0.05) is 0 Å². The molecule has 1 aromatic heterocycles. The molecule has 0 radical (unpaired) electrons. The van der Waals surface area contributed by atoms with E-state index >= 15 is 0 Å². The van der Waals surface area contributed by atoms with Gasteiger partial charge >= 0.3 is 90.4 Å². The van der Waals surface area contributed by atoms with Crippen molar-refractivity contribution in [1.82, 2.24) is 0 Å². The fraction of sp³-hybridized carbons (Fsp3) is 0.222. The Morgan fingerprint density at radius 1 is 1.36 bits per heavy atom. The number of halogens is 2. The summed E-state index contributed by atoms with van der Waals surface area (Å²) >= 11 is 0.739. The van der Waals surface area contributed by atoms with Crippen LogP contribution in [0.2, 0.25) is 0 Å². The van der Waals surface area contributed by atoms with E-state index in [9.17, 15) is 8.78 Å². The monoisotopic (exact) mass is 280 g/mol. The van der Waals surface area contributed by atoms with Crippen LogP contribution in [0.1, 0.15) is 0 Å². The number of aryl methyl sites for hydroxylation is 1. The molecule has 0 amide bonds. The first kappa shape index (κ1) is 10.0. The molecule has 0 N–H and O–H groups in total. The third-order valence-electron chi connectivity index (χ3n) is 1.89. The summed E-state index contributed by atoms with van der Waals surface area (Å²) in [6.07, 6.45) is 0. The summed E-state index contributed by atoms with van der Waals surface area (Å²) in [6, 6.07) is 7.77. The molecule has 1 aromatic carbocycles. The van der Waals surface area contributed by atoms with Gasteiger partial charge in [0.15, 0.2) is 0 Å². The predicted molar refractivity (Wildman–Crippen MR) is 54.4 cm³/mol. The van der Waals surface area contributed by atoms with E-state index in [1.54, 1.807) is 0 Å².